The zero-order valence-electron chi connectivity index (χ0n) is 11.1. The highest BCUT2D eigenvalue weighted by Gasteiger charge is 2.27. The predicted molar refractivity (Wildman–Crippen MR) is 86.6 cm³/mol. The van der Waals surface area contributed by atoms with Crippen molar-refractivity contribution in [3.8, 4) is 0 Å². The maximum absolute atomic E-state index is 12.5. The van der Waals surface area contributed by atoms with E-state index in [1.807, 2.05) is 42.8 Å². The van der Waals surface area contributed by atoms with Crippen molar-refractivity contribution < 1.29 is 4.79 Å². The number of hydrogen-bond donors (Lipinski definition) is 1. The zero-order valence-corrected chi connectivity index (χ0v) is 13.5. The second-order valence-corrected chi connectivity index (χ2v) is 6.60. The van der Waals surface area contributed by atoms with Crippen molar-refractivity contribution >= 4 is 39.3 Å². The Labute approximate surface area is 130 Å². The molecule has 1 saturated carbocycles. The number of anilines is 1. The van der Waals surface area contributed by atoms with E-state index in [-0.39, 0.29) is 5.91 Å². The summed E-state index contributed by atoms with van der Waals surface area (Å²) in [4.78, 5) is 13.6. The van der Waals surface area contributed by atoms with Gasteiger partial charge in [0.25, 0.3) is 5.91 Å². The highest BCUT2D eigenvalue weighted by molar-refractivity contribution is 9.10. The highest BCUT2D eigenvalue weighted by Crippen LogP contribution is 2.37. The first-order valence-corrected chi connectivity index (χ1v) is 8.52. The van der Waals surface area contributed by atoms with E-state index >= 15 is 0 Å². The molecule has 0 saturated heterocycles. The minimum atomic E-state index is -0.0518. The fourth-order valence-electron chi connectivity index (χ4n) is 2.22. The van der Waals surface area contributed by atoms with Crippen LogP contribution in [-0.4, -0.2) is 16.7 Å². The standard InChI is InChI=1S/C15H15BrN2OS/c1-20-14-5-3-2-4-12(14)17-15(19)13-8-10(16)9-18(13)11-6-7-11/h2-5,8-9,11H,6-7H2,1H3,(H,17,19). The fourth-order valence-corrected chi connectivity index (χ4v) is 3.21. The van der Waals surface area contributed by atoms with Crippen molar-refractivity contribution in [3.05, 3.63) is 46.7 Å². The van der Waals surface area contributed by atoms with Gasteiger partial charge >= 0.3 is 0 Å². The molecule has 1 aromatic heterocycles. The number of aromatic nitrogens is 1. The van der Waals surface area contributed by atoms with Gasteiger partial charge in [-0.25, -0.2) is 0 Å². The molecule has 1 aliphatic rings. The average molecular weight is 351 g/mol. The molecule has 3 nitrogen and oxygen atoms in total. The molecule has 1 N–H and O–H groups in total. The van der Waals surface area contributed by atoms with Gasteiger partial charge in [0.05, 0.1) is 5.69 Å². The molecule has 0 bridgehead atoms. The summed E-state index contributed by atoms with van der Waals surface area (Å²) < 4.78 is 3.02. The van der Waals surface area contributed by atoms with Crippen LogP contribution in [0.5, 0.6) is 0 Å². The van der Waals surface area contributed by atoms with Gasteiger partial charge in [-0.15, -0.1) is 11.8 Å². The van der Waals surface area contributed by atoms with Crippen LogP contribution in [0.15, 0.2) is 45.9 Å². The number of hydrogen-bond acceptors (Lipinski definition) is 2. The molecule has 0 spiro atoms. The van der Waals surface area contributed by atoms with Crippen molar-refractivity contribution in [1.82, 2.24) is 4.57 Å². The number of para-hydroxylation sites is 1. The molecular weight excluding hydrogens is 336 g/mol. The van der Waals surface area contributed by atoms with E-state index in [0.29, 0.717) is 6.04 Å². The molecule has 5 heteroatoms. The van der Waals surface area contributed by atoms with Gasteiger partial charge < -0.3 is 9.88 Å². The number of nitrogens with one attached hydrogen (secondary N) is 1. The summed E-state index contributed by atoms with van der Waals surface area (Å²) in [5.74, 6) is -0.0518. The minimum Gasteiger partial charge on any atom is -0.339 e. The van der Waals surface area contributed by atoms with Gasteiger partial charge in [-0.1, -0.05) is 12.1 Å². The third-order valence-corrected chi connectivity index (χ3v) is 4.57. The summed E-state index contributed by atoms with van der Waals surface area (Å²) in [7, 11) is 0. The summed E-state index contributed by atoms with van der Waals surface area (Å²) in [6.07, 6.45) is 6.31. The number of halogens is 1. The predicted octanol–water partition coefficient (Wildman–Crippen LogP) is 4.56. The van der Waals surface area contributed by atoms with Crippen LogP contribution in [-0.2, 0) is 0 Å². The lowest BCUT2D eigenvalue weighted by atomic mass is 10.3. The van der Waals surface area contributed by atoms with Crippen LogP contribution in [0.1, 0.15) is 29.4 Å². The molecule has 1 heterocycles. The largest absolute Gasteiger partial charge is 0.339 e. The number of nitrogens with zero attached hydrogens (tertiary/aromatic N) is 1. The highest BCUT2D eigenvalue weighted by atomic mass is 79.9. The third-order valence-electron chi connectivity index (χ3n) is 3.34. The van der Waals surface area contributed by atoms with E-state index in [4.69, 9.17) is 0 Å². The average Bonchev–Trinajstić information content (AvgIpc) is 3.22. The number of benzene rings is 1. The van der Waals surface area contributed by atoms with Crippen LogP contribution >= 0.6 is 27.7 Å². The van der Waals surface area contributed by atoms with E-state index in [2.05, 4.69) is 25.8 Å². The number of thioether (sulfide) groups is 1. The van der Waals surface area contributed by atoms with Crippen molar-refractivity contribution in [3.63, 3.8) is 0 Å². The topological polar surface area (TPSA) is 34.0 Å². The summed E-state index contributed by atoms with van der Waals surface area (Å²) in [6, 6.07) is 10.2. The lowest BCUT2D eigenvalue weighted by Crippen LogP contribution is -2.16. The van der Waals surface area contributed by atoms with Crippen LogP contribution in [0.2, 0.25) is 0 Å². The summed E-state index contributed by atoms with van der Waals surface area (Å²) in [6.45, 7) is 0. The normalized spacial score (nSPS) is 14.3. The van der Waals surface area contributed by atoms with Gasteiger partial charge in [-0.3, -0.25) is 4.79 Å². The number of rotatable bonds is 4. The summed E-state index contributed by atoms with van der Waals surface area (Å²) in [5.41, 5.74) is 1.58. The van der Waals surface area contributed by atoms with E-state index in [1.165, 1.54) is 0 Å². The van der Waals surface area contributed by atoms with Crippen molar-refractivity contribution in [2.75, 3.05) is 11.6 Å². The lowest BCUT2D eigenvalue weighted by Gasteiger charge is -2.11. The molecule has 0 radical (unpaired) electrons. The molecule has 1 aliphatic carbocycles. The van der Waals surface area contributed by atoms with E-state index in [0.717, 1.165) is 33.6 Å². The Morgan fingerprint density at radius 1 is 1.40 bits per heavy atom. The van der Waals surface area contributed by atoms with E-state index in [1.54, 1.807) is 11.8 Å². The van der Waals surface area contributed by atoms with Crippen molar-refractivity contribution in [2.45, 2.75) is 23.8 Å². The Morgan fingerprint density at radius 3 is 2.85 bits per heavy atom. The Balaban J connectivity index is 1.86. The van der Waals surface area contributed by atoms with E-state index < -0.39 is 0 Å². The van der Waals surface area contributed by atoms with Crippen molar-refractivity contribution in [1.29, 1.82) is 0 Å². The zero-order chi connectivity index (χ0) is 14.1. The Kier molecular flexibility index (Phi) is 3.89. The Bertz CT molecular complexity index is 649. The van der Waals surface area contributed by atoms with Crippen LogP contribution in [0.4, 0.5) is 5.69 Å². The molecule has 0 unspecified atom stereocenters. The molecule has 0 aliphatic heterocycles. The van der Waals surface area contributed by atoms with Gasteiger partial charge in [-0.05, 0) is 53.2 Å². The summed E-state index contributed by atoms with van der Waals surface area (Å²) >= 11 is 5.09. The molecule has 0 atom stereocenters. The second-order valence-electron chi connectivity index (χ2n) is 4.84. The number of carbonyl (C=O) groups is 1. The lowest BCUT2D eigenvalue weighted by molar-refractivity contribution is 0.101. The number of amides is 1. The monoisotopic (exact) mass is 350 g/mol. The van der Waals surface area contributed by atoms with Crippen LogP contribution in [0.25, 0.3) is 0 Å². The first-order valence-electron chi connectivity index (χ1n) is 6.51. The van der Waals surface area contributed by atoms with Crippen molar-refractivity contribution in [2.24, 2.45) is 0 Å². The van der Waals surface area contributed by atoms with Gasteiger partial charge in [-0.2, -0.15) is 0 Å². The van der Waals surface area contributed by atoms with Crippen LogP contribution in [0.3, 0.4) is 0 Å². The fraction of sp³-hybridized carbons (Fsp3) is 0.267. The van der Waals surface area contributed by atoms with Crippen LogP contribution in [0, 0.1) is 0 Å². The molecule has 104 valence electrons. The maximum atomic E-state index is 12.5. The molecule has 1 fully saturated rings. The van der Waals surface area contributed by atoms with Gasteiger partial charge in [0.2, 0.25) is 0 Å². The van der Waals surface area contributed by atoms with E-state index in [9.17, 15) is 4.79 Å². The number of carbonyl (C=O) groups excluding carboxylic acids is 1. The molecule has 1 aromatic carbocycles. The van der Waals surface area contributed by atoms with Gasteiger partial charge in [0.15, 0.2) is 0 Å². The SMILES string of the molecule is CSc1ccccc1NC(=O)c1cc(Br)cn1C1CC1. The molecule has 3 rings (SSSR count). The van der Waals surface area contributed by atoms with Crippen LogP contribution < -0.4 is 5.32 Å². The maximum Gasteiger partial charge on any atom is 0.272 e. The molecular formula is C15H15BrN2OS. The molecule has 20 heavy (non-hydrogen) atoms. The molecule has 2 aromatic rings. The third kappa shape index (κ3) is 2.79. The Hall–Kier alpha value is -1.20. The second kappa shape index (κ2) is 5.66. The summed E-state index contributed by atoms with van der Waals surface area (Å²) in [5, 5.41) is 3.01. The quantitative estimate of drug-likeness (QED) is 0.820. The first-order chi connectivity index (χ1) is 9.69. The smallest absolute Gasteiger partial charge is 0.272 e. The Morgan fingerprint density at radius 2 is 2.15 bits per heavy atom. The van der Waals surface area contributed by atoms with Gasteiger partial charge in [0.1, 0.15) is 5.69 Å². The minimum absolute atomic E-state index is 0.0518. The van der Waals surface area contributed by atoms with Gasteiger partial charge in [0, 0.05) is 21.6 Å². The molecule has 1 amide bonds. The first kappa shape index (κ1) is 13.8.